The van der Waals surface area contributed by atoms with Crippen molar-refractivity contribution in [1.29, 1.82) is 0 Å². The van der Waals surface area contributed by atoms with Crippen LogP contribution >= 0.6 is 12.6 Å². The minimum absolute atomic E-state index is 0.00377. The van der Waals surface area contributed by atoms with E-state index in [1.54, 1.807) is 0 Å². The monoisotopic (exact) mass is 269 g/mol. The first kappa shape index (κ1) is 15.0. The Kier molecular flexibility index (Phi) is 7.48. The van der Waals surface area contributed by atoms with Gasteiger partial charge in [-0.2, -0.15) is 0 Å². The van der Waals surface area contributed by atoms with Crippen LogP contribution in [0.25, 0.3) is 0 Å². The molecule has 100 valence electrons. The summed E-state index contributed by atoms with van der Waals surface area (Å²) in [6.07, 6.45) is 1.13. The van der Waals surface area contributed by atoms with E-state index in [-0.39, 0.29) is 12.5 Å². The number of amides is 1. The molecule has 0 saturated heterocycles. The van der Waals surface area contributed by atoms with Gasteiger partial charge in [0.05, 0.1) is 19.6 Å². The van der Waals surface area contributed by atoms with Crippen molar-refractivity contribution in [3.8, 4) is 0 Å². The van der Waals surface area contributed by atoms with Gasteiger partial charge in [0.15, 0.2) is 0 Å². The van der Waals surface area contributed by atoms with Crippen LogP contribution < -0.4 is 5.32 Å². The third-order valence-electron chi connectivity index (χ3n) is 2.32. The van der Waals surface area contributed by atoms with Crippen molar-refractivity contribution in [2.24, 2.45) is 0 Å². The molecule has 4 nitrogen and oxygen atoms in total. The van der Waals surface area contributed by atoms with Gasteiger partial charge in [-0.1, -0.05) is 12.1 Å². The van der Waals surface area contributed by atoms with E-state index in [1.807, 2.05) is 24.3 Å². The summed E-state index contributed by atoms with van der Waals surface area (Å²) in [6, 6.07) is 7.53. The van der Waals surface area contributed by atoms with Crippen LogP contribution in [0.2, 0.25) is 0 Å². The van der Waals surface area contributed by atoms with Crippen LogP contribution in [0.3, 0.4) is 0 Å². The van der Waals surface area contributed by atoms with E-state index in [0.29, 0.717) is 26.2 Å². The Morgan fingerprint density at radius 2 is 2.00 bits per heavy atom. The molecule has 0 atom stereocenters. The molecule has 0 aliphatic rings. The molecule has 1 amide bonds. The molecular weight excluding hydrogens is 250 g/mol. The fraction of sp³-hybridized carbons (Fsp3) is 0.462. The van der Waals surface area contributed by atoms with Crippen molar-refractivity contribution in [3.05, 3.63) is 29.8 Å². The zero-order valence-corrected chi connectivity index (χ0v) is 11.2. The lowest BCUT2D eigenvalue weighted by Gasteiger charge is -2.06. The number of rotatable bonds is 8. The van der Waals surface area contributed by atoms with Crippen molar-refractivity contribution in [2.45, 2.75) is 17.7 Å². The van der Waals surface area contributed by atoms with Crippen LogP contribution in [-0.2, 0) is 16.0 Å². The Balaban J connectivity index is 2.12. The van der Waals surface area contributed by atoms with Crippen LogP contribution in [0, 0.1) is 0 Å². The number of hydrogen-bond donors (Lipinski definition) is 3. The summed E-state index contributed by atoms with van der Waals surface area (Å²) in [5, 5.41) is 11.3. The highest BCUT2D eigenvalue weighted by Crippen LogP contribution is 2.08. The number of carbonyl (C=O) groups is 1. The zero-order chi connectivity index (χ0) is 13.2. The largest absolute Gasteiger partial charge is 0.394 e. The normalized spacial score (nSPS) is 10.3. The smallest absolute Gasteiger partial charge is 0.224 e. The molecule has 5 heteroatoms. The lowest BCUT2D eigenvalue weighted by molar-refractivity contribution is -0.120. The fourth-order valence-electron chi connectivity index (χ4n) is 1.43. The highest BCUT2D eigenvalue weighted by atomic mass is 32.1. The average molecular weight is 269 g/mol. The first-order valence-electron chi connectivity index (χ1n) is 5.95. The molecule has 0 unspecified atom stereocenters. The molecule has 1 aromatic rings. The van der Waals surface area contributed by atoms with Crippen molar-refractivity contribution in [3.63, 3.8) is 0 Å². The Morgan fingerprint density at radius 1 is 1.28 bits per heavy atom. The minimum Gasteiger partial charge on any atom is -0.394 e. The van der Waals surface area contributed by atoms with E-state index < -0.39 is 0 Å². The van der Waals surface area contributed by atoms with Crippen LogP contribution in [0.1, 0.15) is 12.0 Å². The Bertz CT molecular complexity index is 354. The summed E-state index contributed by atoms with van der Waals surface area (Å²) < 4.78 is 5.09. The second-order valence-corrected chi connectivity index (χ2v) is 4.40. The molecule has 1 rings (SSSR count). The number of nitrogens with one attached hydrogen (secondary N) is 1. The van der Waals surface area contributed by atoms with E-state index >= 15 is 0 Å². The van der Waals surface area contributed by atoms with Crippen LogP contribution in [0.4, 0.5) is 0 Å². The number of aliphatic hydroxyl groups excluding tert-OH is 1. The number of hydrogen-bond acceptors (Lipinski definition) is 4. The molecular formula is C13H19NO3S. The topological polar surface area (TPSA) is 58.6 Å². The summed E-state index contributed by atoms with van der Waals surface area (Å²) in [5.74, 6) is 0.00377. The maximum atomic E-state index is 11.6. The fourth-order valence-corrected chi connectivity index (χ4v) is 1.58. The van der Waals surface area contributed by atoms with E-state index in [4.69, 9.17) is 9.84 Å². The molecule has 0 aliphatic carbocycles. The maximum absolute atomic E-state index is 11.6. The number of thiol groups is 1. The molecule has 0 spiro atoms. The van der Waals surface area contributed by atoms with Crippen molar-refractivity contribution in [2.75, 3.05) is 26.4 Å². The van der Waals surface area contributed by atoms with Crippen molar-refractivity contribution < 1.29 is 14.6 Å². The predicted molar refractivity (Wildman–Crippen MR) is 72.9 cm³/mol. The Morgan fingerprint density at radius 3 is 2.67 bits per heavy atom. The third kappa shape index (κ3) is 6.64. The average Bonchev–Trinajstić information content (AvgIpc) is 2.36. The molecule has 0 fully saturated rings. The van der Waals surface area contributed by atoms with Crippen molar-refractivity contribution in [1.82, 2.24) is 5.32 Å². The van der Waals surface area contributed by atoms with Gasteiger partial charge < -0.3 is 15.2 Å². The van der Waals surface area contributed by atoms with Crippen LogP contribution in [0.15, 0.2) is 29.2 Å². The number of aliphatic hydroxyl groups is 1. The Labute approximate surface area is 113 Å². The number of carbonyl (C=O) groups excluding carboxylic acids is 1. The predicted octanol–water partition coefficient (Wildman–Crippen LogP) is 1.03. The summed E-state index contributed by atoms with van der Waals surface area (Å²) in [4.78, 5) is 12.5. The van der Waals surface area contributed by atoms with Crippen molar-refractivity contribution >= 4 is 18.5 Å². The first-order valence-corrected chi connectivity index (χ1v) is 6.40. The quantitative estimate of drug-likeness (QED) is 0.488. The molecule has 0 aliphatic heterocycles. The molecule has 0 radical (unpaired) electrons. The van der Waals surface area contributed by atoms with Gasteiger partial charge >= 0.3 is 0 Å². The van der Waals surface area contributed by atoms with Gasteiger partial charge in [0.2, 0.25) is 5.91 Å². The SMILES string of the molecule is O=C(Cc1ccc(S)cc1)NCCCOCCO. The minimum atomic E-state index is 0.00377. The standard InChI is InChI=1S/C13H19NO3S/c15-7-9-17-8-1-6-14-13(16)10-11-2-4-12(18)5-3-11/h2-5,15,18H,1,6-10H2,(H,14,16). The zero-order valence-electron chi connectivity index (χ0n) is 10.3. The summed E-state index contributed by atoms with van der Waals surface area (Å²) in [5.41, 5.74) is 0.974. The first-order chi connectivity index (χ1) is 8.72. The van der Waals surface area contributed by atoms with E-state index in [2.05, 4.69) is 17.9 Å². The van der Waals surface area contributed by atoms with Gasteiger partial charge in [0.25, 0.3) is 0 Å². The summed E-state index contributed by atoms with van der Waals surface area (Å²) >= 11 is 4.19. The number of ether oxygens (including phenoxy) is 1. The molecule has 0 heterocycles. The number of benzene rings is 1. The molecule has 0 saturated carbocycles. The molecule has 0 aromatic heterocycles. The van der Waals surface area contributed by atoms with Gasteiger partial charge in [-0.3, -0.25) is 4.79 Å². The van der Waals surface area contributed by atoms with Crippen LogP contribution in [0.5, 0.6) is 0 Å². The van der Waals surface area contributed by atoms with Gasteiger partial charge in [-0.15, -0.1) is 12.6 Å². The third-order valence-corrected chi connectivity index (χ3v) is 2.62. The lowest BCUT2D eigenvalue weighted by atomic mass is 10.1. The van der Waals surface area contributed by atoms with E-state index in [1.165, 1.54) is 0 Å². The summed E-state index contributed by atoms with van der Waals surface area (Å²) in [7, 11) is 0. The van der Waals surface area contributed by atoms with Crippen LogP contribution in [-0.4, -0.2) is 37.4 Å². The maximum Gasteiger partial charge on any atom is 0.224 e. The highest BCUT2D eigenvalue weighted by molar-refractivity contribution is 7.80. The lowest BCUT2D eigenvalue weighted by Crippen LogP contribution is -2.26. The van der Waals surface area contributed by atoms with Gasteiger partial charge in [-0.25, -0.2) is 0 Å². The second-order valence-electron chi connectivity index (χ2n) is 3.88. The molecule has 18 heavy (non-hydrogen) atoms. The second kappa shape index (κ2) is 8.97. The highest BCUT2D eigenvalue weighted by Gasteiger charge is 2.02. The molecule has 2 N–H and O–H groups in total. The van der Waals surface area contributed by atoms with Gasteiger partial charge in [-0.05, 0) is 24.1 Å². The summed E-state index contributed by atoms with van der Waals surface area (Å²) in [6.45, 7) is 1.53. The van der Waals surface area contributed by atoms with Gasteiger partial charge in [0.1, 0.15) is 0 Å². The Hall–Kier alpha value is -1.04. The molecule has 1 aromatic carbocycles. The molecule has 0 bridgehead atoms. The van der Waals surface area contributed by atoms with E-state index in [9.17, 15) is 4.79 Å². The van der Waals surface area contributed by atoms with Gasteiger partial charge in [0, 0.05) is 18.0 Å². The van der Waals surface area contributed by atoms with E-state index in [0.717, 1.165) is 16.9 Å².